The molecule has 1 aliphatic heterocycles. The van der Waals surface area contributed by atoms with Crippen molar-refractivity contribution in [3.8, 4) is 22.9 Å². The number of benzene rings is 1. The highest BCUT2D eigenvalue weighted by Crippen LogP contribution is 2.29. The Bertz CT molecular complexity index is 697. The van der Waals surface area contributed by atoms with Crippen LogP contribution in [0.15, 0.2) is 30.6 Å². The molecule has 1 amide bonds. The van der Waals surface area contributed by atoms with Gasteiger partial charge in [-0.1, -0.05) is 0 Å². The minimum atomic E-state index is -0.0543. The van der Waals surface area contributed by atoms with Gasteiger partial charge in [-0.05, 0) is 18.2 Å². The van der Waals surface area contributed by atoms with Crippen LogP contribution in [0.2, 0.25) is 0 Å². The van der Waals surface area contributed by atoms with Crippen LogP contribution in [0, 0.1) is 0 Å². The van der Waals surface area contributed by atoms with Gasteiger partial charge in [-0.15, -0.1) is 0 Å². The summed E-state index contributed by atoms with van der Waals surface area (Å²) in [6, 6.07) is 4.88. The number of aromatic hydroxyl groups is 1. The van der Waals surface area contributed by atoms with Gasteiger partial charge >= 0.3 is 0 Å². The van der Waals surface area contributed by atoms with Crippen molar-refractivity contribution in [1.29, 1.82) is 0 Å². The number of aromatic nitrogens is 2. The maximum absolute atomic E-state index is 12.4. The van der Waals surface area contributed by atoms with E-state index >= 15 is 0 Å². The van der Waals surface area contributed by atoms with Crippen LogP contribution in [0.3, 0.4) is 0 Å². The number of nitrogens with one attached hydrogen (secondary N) is 1. The second-order valence-corrected chi connectivity index (χ2v) is 5.22. The summed E-state index contributed by atoms with van der Waals surface area (Å²) in [6.07, 6.45) is 3.07. The average Bonchev–Trinajstić information content (AvgIpc) is 2.62. The molecule has 23 heavy (non-hydrogen) atoms. The molecule has 0 unspecified atom stereocenters. The van der Waals surface area contributed by atoms with E-state index in [2.05, 4.69) is 15.3 Å². The summed E-state index contributed by atoms with van der Waals surface area (Å²) in [5, 5.41) is 12.8. The second kappa shape index (κ2) is 6.62. The van der Waals surface area contributed by atoms with E-state index < -0.39 is 0 Å². The van der Waals surface area contributed by atoms with Gasteiger partial charge in [-0.25, -0.2) is 9.97 Å². The summed E-state index contributed by atoms with van der Waals surface area (Å²) < 4.78 is 5.08. The molecule has 2 aromatic rings. The van der Waals surface area contributed by atoms with Gasteiger partial charge in [0.15, 0.2) is 17.3 Å². The summed E-state index contributed by atoms with van der Waals surface area (Å²) in [4.78, 5) is 22.7. The Morgan fingerprint density at radius 3 is 2.61 bits per heavy atom. The third-order valence-corrected chi connectivity index (χ3v) is 3.74. The van der Waals surface area contributed by atoms with E-state index in [0.29, 0.717) is 35.8 Å². The number of hydrogen-bond donors (Lipinski definition) is 2. The van der Waals surface area contributed by atoms with E-state index in [1.54, 1.807) is 17.0 Å². The minimum Gasteiger partial charge on any atom is -0.504 e. The molecule has 0 saturated carbocycles. The molecule has 1 aromatic heterocycles. The van der Waals surface area contributed by atoms with E-state index in [4.69, 9.17) is 4.74 Å². The number of nitrogens with zero attached hydrogens (tertiary/aromatic N) is 3. The highest BCUT2D eigenvalue weighted by atomic mass is 16.5. The van der Waals surface area contributed by atoms with E-state index in [1.165, 1.54) is 25.6 Å². The zero-order valence-electron chi connectivity index (χ0n) is 12.8. The number of piperazine rings is 1. The van der Waals surface area contributed by atoms with Gasteiger partial charge in [0, 0.05) is 44.1 Å². The molecule has 0 bridgehead atoms. The molecule has 0 spiro atoms. The number of rotatable bonds is 3. The van der Waals surface area contributed by atoms with Gasteiger partial charge in [0.05, 0.1) is 12.7 Å². The molecule has 0 atom stereocenters. The Kier molecular flexibility index (Phi) is 4.38. The van der Waals surface area contributed by atoms with Crippen molar-refractivity contribution >= 4 is 5.91 Å². The lowest BCUT2D eigenvalue weighted by Gasteiger charge is -2.27. The molecule has 2 heterocycles. The molecule has 2 N–H and O–H groups in total. The summed E-state index contributed by atoms with van der Waals surface area (Å²) in [7, 11) is 1.48. The molecule has 120 valence electrons. The van der Waals surface area contributed by atoms with Crippen molar-refractivity contribution in [2.24, 2.45) is 0 Å². The number of hydrogen-bond acceptors (Lipinski definition) is 6. The summed E-state index contributed by atoms with van der Waals surface area (Å²) >= 11 is 0. The standard InChI is InChI=1S/C16H18N4O3/c1-23-14-8-11(2-3-13(14)21)15-18-9-12(10-19-15)16(22)20-6-4-17-5-7-20/h2-3,8-10,17,21H,4-7H2,1H3. The number of phenolic OH excluding ortho intramolecular Hbond substituents is 1. The van der Waals surface area contributed by atoms with Crippen LogP contribution in [0.5, 0.6) is 11.5 Å². The van der Waals surface area contributed by atoms with Crippen molar-refractivity contribution < 1.29 is 14.6 Å². The highest BCUT2D eigenvalue weighted by Gasteiger charge is 2.18. The number of carbonyl (C=O) groups is 1. The minimum absolute atomic E-state index is 0.0543. The van der Waals surface area contributed by atoms with Crippen molar-refractivity contribution in [2.75, 3.05) is 33.3 Å². The van der Waals surface area contributed by atoms with E-state index in [1.807, 2.05) is 0 Å². The predicted octanol–water partition coefficient (Wildman–Crippen LogP) is 0.903. The zero-order chi connectivity index (χ0) is 16.2. The van der Waals surface area contributed by atoms with Crippen LogP contribution in [0.25, 0.3) is 11.4 Å². The van der Waals surface area contributed by atoms with Crippen LogP contribution in [0.4, 0.5) is 0 Å². The molecule has 1 aromatic carbocycles. The number of ether oxygens (including phenoxy) is 1. The van der Waals surface area contributed by atoms with Gasteiger partial charge in [-0.2, -0.15) is 0 Å². The fourth-order valence-electron chi connectivity index (χ4n) is 2.45. The maximum atomic E-state index is 12.4. The lowest BCUT2D eigenvalue weighted by atomic mass is 10.2. The first-order chi connectivity index (χ1) is 11.2. The first-order valence-electron chi connectivity index (χ1n) is 7.38. The molecule has 0 aliphatic carbocycles. The Hall–Kier alpha value is -2.67. The lowest BCUT2D eigenvalue weighted by Crippen LogP contribution is -2.46. The third kappa shape index (κ3) is 3.24. The summed E-state index contributed by atoms with van der Waals surface area (Å²) in [6.45, 7) is 2.99. The van der Waals surface area contributed by atoms with Crippen molar-refractivity contribution in [1.82, 2.24) is 20.2 Å². The molecule has 7 nitrogen and oxygen atoms in total. The quantitative estimate of drug-likeness (QED) is 0.875. The monoisotopic (exact) mass is 314 g/mol. The molecule has 3 rings (SSSR count). The number of phenols is 1. The number of amides is 1. The largest absolute Gasteiger partial charge is 0.504 e. The third-order valence-electron chi connectivity index (χ3n) is 3.74. The van der Waals surface area contributed by atoms with E-state index in [-0.39, 0.29) is 11.7 Å². The molecular weight excluding hydrogens is 296 g/mol. The van der Waals surface area contributed by atoms with Gasteiger partial charge in [-0.3, -0.25) is 4.79 Å². The summed E-state index contributed by atoms with van der Waals surface area (Å²) in [5.41, 5.74) is 1.18. The SMILES string of the molecule is COc1cc(-c2ncc(C(=O)N3CCNCC3)cn2)ccc1O. The van der Waals surface area contributed by atoms with Crippen molar-refractivity contribution in [2.45, 2.75) is 0 Å². The van der Waals surface area contributed by atoms with Crippen molar-refractivity contribution in [3.05, 3.63) is 36.2 Å². The average molecular weight is 314 g/mol. The first kappa shape index (κ1) is 15.2. The molecular formula is C16H18N4O3. The van der Waals surface area contributed by atoms with Gasteiger partial charge in [0.2, 0.25) is 0 Å². The zero-order valence-corrected chi connectivity index (χ0v) is 12.8. The van der Waals surface area contributed by atoms with Gasteiger partial charge < -0.3 is 20.1 Å². The van der Waals surface area contributed by atoms with Gasteiger partial charge in [0.1, 0.15) is 0 Å². The van der Waals surface area contributed by atoms with Crippen molar-refractivity contribution in [3.63, 3.8) is 0 Å². The Morgan fingerprint density at radius 1 is 1.26 bits per heavy atom. The first-order valence-corrected chi connectivity index (χ1v) is 7.38. The summed E-state index contributed by atoms with van der Waals surface area (Å²) in [5.74, 6) is 0.829. The Labute approximate surface area is 133 Å². The number of carbonyl (C=O) groups excluding carboxylic acids is 1. The smallest absolute Gasteiger partial charge is 0.257 e. The topological polar surface area (TPSA) is 87.6 Å². The predicted molar refractivity (Wildman–Crippen MR) is 84.5 cm³/mol. The fraction of sp³-hybridized carbons (Fsp3) is 0.312. The maximum Gasteiger partial charge on any atom is 0.257 e. The van der Waals surface area contributed by atoms with E-state index in [0.717, 1.165) is 13.1 Å². The normalized spacial score (nSPS) is 14.6. The van der Waals surface area contributed by atoms with Crippen LogP contribution in [-0.2, 0) is 0 Å². The lowest BCUT2D eigenvalue weighted by molar-refractivity contribution is 0.0735. The van der Waals surface area contributed by atoms with Crippen LogP contribution < -0.4 is 10.1 Å². The Balaban J connectivity index is 1.80. The highest BCUT2D eigenvalue weighted by molar-refractivity contribution is 5.93. The molecule has 1 aliphatic rings. The molecule has 0 radical (unpaired) electrons. The molecule has 7 heteroatoms. The fourth-order valence-corrected chi connectivity index (χ4v) is 2.45. The van der Waals surface area contributed by atoms with E-state index in [9.17, 15) is 9.90 Å². The van der Waals surface area contributed by atoms with Crippen LogP contribution in [-0.4, -0.2) is 59.2 Å². The molecule has 1 fully saturated rings. The molecule has 1 saturated heterocycles. The Morgan fingerprint density at radius 2 is 1.96 bits per heavy atom. The second-order valence-electron chi connectivity index (χ2n) is 5.22. The number of methoxy groups -OCH3 is 1. The van der Waals surface area contributed by atoms with Crippen LogP contribution in [0.1, 0.15) is 10.4 Å². The van der Waals surface area contributed by atoms with Gasteiger partial charge in [0.25, 0.3) is 5.91 Å². The van der Waals surface area contributed by atoms with Crippen LogP contribution >= 0.6 is 0 Å².